The summed E-state index contributed by atoms with van der Waals surface area (Å²) >= 11 is 1.46. The molecule has 0 bridgehead atoms. The largest absolute Gasteiger partial charge is 0.479 e. The molecule has 2 aromatic heterocycles. The number of hydrogen-bond donors (Lipinski definition) is 2. The molecule has 0 saturated heterocycles. The summed E-state index contributed by atoms with van der Waals surface area (Å²) < 4.78 is 1.17. The van der Waals surface area contributed by atoms with E-state index in [0.29, 0.717) is 0 Å². The number of aromatic carboxylic acids is 1. The molecular formula is C12H13N3O4S. The van der Waals surface area contributed by atoms with Crippen LogP contribution in [-0.4, -0.2) is 37.1 Å². The van der Waals surface area contributed by atoms with Crippen molar-refractivity contribution in [1.82, 2.24) is 15.0 Å². The van der Waals surface area contributed by atoms with E-state index in [1.165, 1.54) is 29.9 Å². The average Bonchev–Trinajstić information content (AvgIpc) is 2.98. The van der Waals surface area contributed by atoms with E-state index in [1.54, 1.807) is 0 Å². The Morgan fingerprint density at radius 1 is 1.40 bits per heavy atom. The summed E-state index contributed by atoms with van der Waals surface area (Å²) in [5, 5.41) is 27.6. The van der Waals surface area contributed by atoms with Crippen molar-refractivity contribution < 1.29 is 19.8 Å². The Hall–Kier alpha value is -2.22. The number of hydrogen-bond acceptors (Lipinski definition) is 5. The Kier molecular flexibility index (Phi) is 3.58. The number of carboxylic acid groups (broad SMARTS) is 2. The van der Waals surface area contributed by atoms with Crippen molar-refractivity contribution in [3.05, 3.63) is 33.8 Å². The monoisotopic (exact) mass is 295 g/mol. The van der Waals surface area contributed by atoms with Crippen molar-refractivity contribution in [3.8, 4) is 0 Å². The first-order valence-electron chi connectivity index (χ1n) is 5.78. The van der Waals surface area contributed by atoms with E-state index < -0.39 is 17.5 Å². The van der Waals surface area contributed by atoms with Crippen LogP contribution in [-0.2, 0) is 16.8 Å². The van der Waals surface area contributed by atoms with Gasteiger partial charge in [-0.25, -0.2) is 14.3 Å². The smallest absolute Gasteiger partial charge is 0.358 e. The van der Waals surface area contributed by atoms with E-state index in [2.05, 4.69) is 10.3 Å². The van der Waals surface area contributed by atoms with Crippen molar-refractivity contribution in [1.29, 1.82) is 0 Å². The minimum absolute atomic E-state index is 0.215. The fraction of sp³-hybridized carbons (Fsp3) is 0.333. The topological polar surface area (TPSA) is 105 Å². The first-order chi connectivity index (χ1) is 9.34. The zero-order valence-electron chi connectivity index (χ0n) is 10.9. The maximum atomic E-state index is 11.3. The van der Waals surface area contributed by atoms with Crippen LogP contribution in [0.4, 0.5) is 0 Å². The van der Waals surface area contributed by atoms with Crippen molar-refractivity contribution >= 4 is 23.3 Å². The summed E-state index contributed by atoms with van der Waals surface area (Å²) in [5.74, 6) is -2.32. The first-order valence-corrected chi connectivity index (χ1v) is 6.66. The standard InChI is InChI=1S/C12H13N3O4S/c1-12(2,11(18)19)15-8(6-7-4-3-5-20-7)9(10(16)17)13-14-15/h3-5H,6H2,1-2H3,(H,16,17)(H,18,19). The predicted molar refractivity (Wildman–Crippen MR) is 71.1 cm³/mol. The van der Waals surface area contributed by atoms with Gasteiger partial charge in [0, 0.05) is 11.3 Å². The van der Waals surface area contributed by atoms with Crippen molar-refractivity contribution in [2.45, 2.75) is 25.8 Å². The second-order valence-electron chi connectivity index (χ2n) is 4.72. The van der Waals surface area contributed by atoms with Crippen LogP contribution in [0.25, 0.3) is 0 Å². The van der Waals surface area contributed by atoms with E-state index in [9.17, 15) is 14.7 Å². The van der Waals surface area contributed by atoms with Gasteiger partial charge >= 0.3 is 11.9 Å². The number of carbonyl (C=O) groups is 2. The molecule has 0 aliphatic rings. The Morgan fingerprint density at radius 2 is 2.10 bits per heavy atom. The van der Waals surface area contributed by atoms with Crippen LogP contribution in [0.2, 0.25) is 0 Å². The molecule has 0 unspecified atom stereocenters. The minimum atomic E-state index is -1.37. The second-order valence-corrected chi connectivity index (χ2v) is 5.75. The van der Waals surface area contributed by atoms with Gasteiger partial charge in [-0.3, -0.25) is 0 Å². The van der Waals surface area contributed by atoms with Gasteiger partial charge in [0.05, 0.1) is 5.69 Å². The van der Waals surface area contributed by atoms with Crippen LogP contribution in [0.5, 0.6) is 0 Å². The molecule has 0 aliphatic carbocycles. The van der Waals surface area contributed by atoms with Crippen molar-refractivity contribution in [2.75, 3.05) is 0 Å². The molecule has 106 valence electrons. The molecule has 2 aromatic rings. The molecule has 0 aromatic carbocycles. The lowest BCUT2D eigenvalue weighted by Gasteiger charge is -2.21. The summed E-state index contributed by atoms with van der Waals surface area (Å²) in [6.45, 7) is 2.90. The Bertz CT molecular complexity index is 646. The normalized spacial score (nSPS) is 11.5. The molecule has 8 heteroatoms. The van der Waals surface area contributed by atoms with Crippen molar-refractivity contribution in [2.24, 2.45) is 0 Å². The van der Waals surface area contributed by atoms with Crippen LogP contribution in [0.1, 0.15) is 34.9 Å². The SMILES string of the molecule is CC(C)(C(=O)O)n1nnc(C(=O)O)c1Cc1cccs1. The minimum Gasteiger partial charge on any atom is -0.479 e. The van der Waals surface area contributed by atoms with Crippen LogP contribution < -0.4 is 0 Å². The van der Waals surface area contributed by atoms with Crippen LogP contribution >= 0.6 is 11.3 Å². The lowest BCUT2D eigenvalue weighted by atomic mass is 10.1. The maximum Gasteiger partial charge on any atom is 0.358 e. The van der Waals surface area contributed by atoms with Crippen molar-refractivity contribution in [3.63, 3.8) is 0 Å². The molecule has 0 fully saturated rings. The van der Waals surface area contributed by atoms with Gasteiger partial charge in [-0.15, -0.1) is 16.4 Å². The first kappa shape index (κ1) is 14.2. The highest BCUT2D eigenvalue weighted by atomic mass is 32.1. The molecule has 0 atom stereocenters. The molecule has 0 saturated carbocycles. The number of aromatic nitrogens is 3. The van der Waals surface area contributed by atoms with Gasteiger partial charge in [0.25, 0.3) is 0 Å². The quantitative estimate of drug-likeness (QED) is 0.865. The third-order valence-electron chi connectivity index (χ3n) is 2.94. The molecule has 0 amide bonds. The summed E-state index contributed by atoms with van der Waals surface area (Å²) in [5.41, 5.74) is -1.30. The lowest BCUT2D eigenvalue weighted by Crippen LogP contribution is -2.38. The maximum absolute atomic E-state index is 11.3. The summed E-state index contributed by atoms with van der Waals surface area (Å²) in [4.78, 5) is 23.4. The molecule has 7 nitrogen and oxygen atoms in total. The van der Waals surface area contributed by atoms with E-state index in [1.807, 2.05) is 17.5 Å². The molecule has 20 heavy (non-hydrogen) atoms. The number of carboxylic acids is 2. The van der Waals surface area contributed by atoms with Crippen LogP contribution in [0, 0.1) is 0 Å². The van der Waals surface area contributed by atoms with Crippen LogP contribution in [0.15, 0.2) is 17.5 Å². The van der Waals surface area contributed by atoms with E-state index >= 15 is 0 Å². The summed E-state index contributed by atoms with van der Waals surface area (Å²) in [6.07, 6.45) is 0.281. The van der Waals surface area contributed by atoms with Gasteiger partial charge in [0.15, 0.2) is 11.2 Å². The molecule has 2 N–H and O–H groups in total. The summed E-state index contributed by atoms with van der Waals surface area (Å²) in [6, 6.07) is 3.69. The summed E-state index contributed by atoms with van der Waals surface area (Å²) in [7, 11) is 0. The Labute approximate surface area is 118 Å². The number of thiophene rings is 1. The zero-order valence-corrected chi connectivity index (χ0v) is 11.7. The fourth-order valence-corrected chi connectivity index (χ4v) is 2.45. The highest BCUT2D eigenvalue weighted by Crippen LogP contribution is 2.23. The third-order valence-corrected chi connectivity index (χ3v) is 3.82. The molecule has 0 radical (unpaired) electrons. The van der Waals surface area contributed by atoms with Gasteiger partial charge in [-0.1, -0.05) is 11.3 Å². The molecule has 2 rings (SSSR count). The number of aliphatic carboxylic acids is 1. The van der Waals surface area contributed by atoms with E-state index in [-0.39, 0.29) is 17.8 Å². The molecule has 2 heterocycles. The van der Waals surface area contributed by atoms with Gasteiger partial charge in [-0.05, 0) is 25.3 Å². The molecular weight excluding hydrogens is 282 g/mol. The molecule has 0 spiro atoms. The number of nitrogens with zero attached hydrogens (tertiary/aromatic N) is 3. The van der Waals surface area contributed by atoms with Gasteiger partial charge < -0.3 is 10.2 Å². The third kappa shape index (κ3) is 2.42. The highest BCUT2D eigenvalue weighted by molar-refractivity contribution is 7.09. The van der Waals surface area contributed by atoms with Gasteiger partial charge in [-0.2, -0.15) is 0 Å². The van der Waals surface area contributed by atoms with Crippen LogP contribution in [0.3, 0.4) is 0 Å². The van der Waals surface area contributed by atoms with Gasteiger partial charge in [0.1, 0.15) is 0 Å². The van der Waals surface area contributed by atoms with Gasteiger partial charge in [0.2, 0.25) is 0 Å². The zero-order chi connectivity index (χ0) is 14.9. The average molecular weight is 295 g/mol. The lowest BCUT2D eigenvalue weighted by molar-refractivity contribution is -0.146. The Balaban J connectivity index is 2.53. The Morgan fingerprint density at radius 3 is 2.60 bits per heavy atom. The molecule has 0 aliphatic heterocycles. The highest BCUT2D eigenvalue weighted by Gasteiger charge is 2.35. The fourth-order valence-electron chi connectivity index (χ4n) is 1.74. The van der Waals surface area contributed by atoms with E-state index in [0.717, 1.165) is 4.88 Å². The second kappa shape index (κ2) is 5.04. The number of rotatable bonds is 5. The van der Waals surface area contributed by atoms with E-state index in [4.69, 9.17) is 5.11 Å². The predicted octanol–water partition coefficient (Wildman–Crippen LogP) is 1.45.